The average Bonchev–Trinajstić information content (AvgIpc) is 2.27. The van der Waals surface area contributed by atoms with Crippen molar-refractivity contribution in [3.05, 3.63) is 12.3 Å². The van der Waals surface area contributed by atoms with E-state index in [4.69, 9.17) is 0 Å². The molecule has 0 aliphatic carbocycles. The number of esters is 1. The largest absolute Gasteiger partial charge is 0.464 e. The molecule has 0 saturated heterocycles. The first-order chi connectivity index (χ1) is 7.17. The third kappa shape index (κ3) is 5.45. The van der Waals surface area contributed by atoms with Crippen LogP contribution < -0.4 is 0 Å². The third-order valence-corrected chi connectivity index (χ3v) is 2.37. The molecule has 0 unspecified atom stereocenters. The van der Waals surface area contributed by atoms with Crippen molar-refractivity contribution in [2.45, 2.75) is 39.5 Å². The maximum Gasteiger partial charge on any atom is 0.353 e. The maximum absolute atomic E-state index is 11.3. The molecule has 0 aromatic heterocycles. The minimum Gasteiger partial charge on any atom is -0.464 e. The van der Waals surface area contributed by atoms with Crippen LogP contribution in [0.25, 0.3) is 0 Å². The number of methoxy groups -OCH3 is 1. The second kappa shape index (κ2) is 8.33. The molecule has 0 bridgehead atoms. The maximum atomic E-state index is 11.3. The van der Waals surface area contributed by atoms with Gasteiger partial charge in [-0.2, -0.15) is 0 Å². The van der Waals surface area contributed by atoms with Gasteiger partial charge in [-0.05, 0) is 12.8 Å². The van der Waals surface area contributed by atoms with Gasteiger partial charge in [0.2, 0.25) is 0 Å². The minimum absolute atomic E-state index is 0.317. The van der Waals surface area contributed by atoms with Crippen LogP contribution in [0.1, 0.15) is 39.5 Å². The number of nitrogens with zero attached hydrogens (tertiary/aromatic N) is 1. The molecule has 88 valence electrons. The van der Waals surface area contributed by atoms with Crippen molar-refractivity contribution in [1.82, 2.24) is 4.90 Å². The molecule has 0 saturated carbocycles. The van der Waals surface area contributed by atoms with Gasteiger partial charge in [-0.1, -0.05) is 33.3 Å². The number of carbonyl (C=O) groups excluding carboxylic acids is 1. The summed E-state index contributed by atoms with van der Waals surface area (Å²) in [4.78, 5) is 13.3. The number of hydrogen-bond donors (Lipinski definition) is 0. The second-order valence-corrected chi connectivity index (χ2v) is 3.63. The standard InChI is InChI=1S/C12H23NO2/c1-5-7-9-13(10-8-6-2)11(3)12(14)15-4/h3,5-10H2,1-2,4H3. The molecule has 0 radical (unpaired) electrons. The normalized spacial score (nSPS) is 9.80. The first-order valence-corrected chi connectivity index (χ1v) is 5.69. The summed E-state index contributed by atoms with van der Waals surface area (Å²) in [6.45, 7) is 9.85. The molecule has 3 heteroatoms. The molecule has 0 heterocycles. The van der Waals surface area contributed by atoms with E-state index in [0.29, 0.717) is 5.70 Å². The summed E-state index contributed by atoms with van der Waals surface area (Å²) in [5.41, 5.74) is 0.486. The van der Waals surface area contributed by atoms with Gasteiger partial charge in [0.25, 0.3) is 0 Å². The molecule has 0 N–H and O–H groups in total. The summed E-state index contributed by atoms with van der Waals surface area (Å²) in [6.07, 6.45) is 4.41. The Morgan fingerprint density at radius 3 is 2.00 bits per heavy atom. The van der Waals surface area contributed by atoms with Gasteiger partial charge in [0.05, 0.1) is 7.11 Å². The lowest BCUT2D eigenvalue weighted by Crippen LogP contribution is -2.29. The van der Waals surface area contributed by atoms with Crippen LogP contribution in [0.15, 0.2) is 12.3 Å². The van der Waals surface area contributed by atoms with E-state index in [9.17, 15) is 4.79 Å². The summed E-state index contributed by atoms with van der Waals surface area (Å²) in [7, 11) is 1.39. The monoisotopic (exact) mass is 213 g/mol. The first-order valence-electron chi connectivity index (χ1n) is 5.69. The fourth-order valence-corrected chi connectivity index (χ4v) is 1.33. The molecule has 0 amide bonds. The Morgan fingerprint density at radius 2 is 1.67 bits per heavy atom. The molecule has 0 atom stereocenters. The Morgan fingerprint density at radius 1 is 1.20 bits per heavy atom. The Hall–Kier alpha value is -0.990. The summed E-state index contributed by atoms with van der Waals surface area (Å²) in [5, 5.41) is 0. The minimum atomic E-state index is -0.317. The molecular formula is C12H23NO2. The van der Waals surface area contributed by atoms with Gasteiger partial charge < -0.3 is 9.64 Å². The number of rotatable bonds is 8. The van der Waals surface area contributed by atoms with Crippen molar-refractivity contribution in [1.29, 1.82) is 0 Å². The van der Waals surface area contributed by atoms with Gasteiger partial charge in [-0.25, -0.2) is 4.79 Å². The van der Waals surface area contributed by atoms with E-state index in [1.54, 1.807) is 0 Å². The topological polar surface area (TPSA) is 29.5 Å². The van der Waals surface area contributed by atoms with Crippen LogP contribution >= 0.6 is 0 Å². The van der Waals surface area contributed by atoms with E-state index in [0.717, 1.165) is 38.8 Å². The van der Waals surface area contributed by atoms with Crippen LogP contribution in [0.3, 0.4) is 0 Å². The van der Waals surface area contributed by atoms with Crippen LogP contribution in [-0.2, 0) is 9.53 Å². The number of unbranched alkanes of at least 4 members (excludes halogenated alkanes) is 2. The van der Waals surface area contributed by atoms with Gasteiger partial charge in [-0.3, -0.25) is 0 Å². The lowest BCUT2D eigenvalue weighted by atomic mass is 10.2. The zero-order chi connectivity index (χ0) is 11.7. The molecule has 3 nitrogen and oxygen atoms in total. The highest BCUT2D eigenvalue weighted by atomic mass is 16.5. The quantitative estimate of drug-likeness (QED) is 0.458. The molecule has 15 heavy (non-hydrogen) atoms. The predicted molar refractivity (Wildman–Crippen MR) is 62.5 cm³/mol. The van der Waals surface area contributed by atoms with Crippen LogP contribution in [0.2, 0.25) is 0 Å². The van der Waals surface area contributed by atoms with Gasteiger partial charge in [-0.15, -0.1) is 0 Å². The van der Waals surface area contributed by atoms with E-state index >= 15 is 0 Å². The molecule has 0 spiro atoms. The first kappa shape index (κ1) is 14.0. The van der Waals surface area contributed by atoms with E-state index in [1.165, 1.54) is 7.11 Å². The fraction of sp³-hybridized carbons (Fsp3) is 0.750. The highest BCUT2D eigenvalue weighted by Gasteiger charge is 2.14. The summed E-state index contributed by atoms with van der Waals surface area (Å²) in [5.74, 6) is -0.317. The molecule has 0 aromatic rings. The highest BCUT2D eigenvalue weighted by Crippen LogP contribution is 2.08. The Labute approximate surface area is 93.1 Å². The molecular weight excluding hydrogens is 190 g/mol. The summed E-state index contributed by atoms with van der Waals surface area (Å²) >= 11 is 0. The molecule has 0 rings (SSSR count). The van der Waals surface area contributed by atoms with Crippen LogP contribution in [-0.4, -0.2) is 31.1 Å². The van der Waals surface area contributed by atoms with Crippen LogP contribution in [0.5, 0.6) is 0 Å². The van der Waals surface area contributed by atoms with Gasteiger partial charge in [0.1, 0.15) is 5.70 Å². The van der Waals surface area contributed by atoms with Gasteiger partial charge >= 0.3 is 5.97 Å². The number of ether oxygens (including phenoxy) is 1. The second-order valence-electron chi connectivity index (χ2n) is 3.63. The number of hydrogen-bond acceptors (Lipinski definition) is 3. The van der Waals surface area contributed by atoms with E-state index < -0.39 is 0 Å². The van der Waals surface area contributed by atoms with Gasteiger partial charge in [0.15, 0.2) is 0 Å². The van der Waals surface area contributed by atoms with Crippen molar-refractivity contribution in [3.8, 4) is 0 Å². The molecule has 0 fully saturated rings. The zero-order valence-electron chi connectivity index (χ0n) is 10.2. The zero-order valence-corrected chi connectivity index (χ0v) is 10.2. The molecule has 0 aromatic carbocycles. The van der Waals surface area contributed by atoms with Crippen molar-refractivity contribution in [3.63, 3.8) is 0 Å². The predicted octanol–water partition coefficient (Wildman–Crippen LogP) is 2.58. The van der Waals surface area contributed by atoms with Gasteiger partial charge in [0, 0.05) is 13.1 Å². The Bertz CT molecular complexity index is 194. The van der Waals surface area contributed by atoms with Crippen molar-refractivity contribution in [2.24, 2.45) is 0 Å². The van der Waals surface area contributed by atoms with E-state index in [1.807, 2.05) is 4.90 Å². The average molecular weight is 213 g/mol. The van der Waals surface area contributed by atoms with Crippen LogP contribution in [0, 0.1) is 0 Å². The molecule has 0 aliphatic heterocycles. The van der Waals surface area contributed by atoms with Crippen molar-refractivity contribution in [2.75, 3.05) is 20.2 Å². The summed E-state index contributed by atoms with van der Waals surface area (Å²) < 4.78 is 4.67. The third-order valence-electron chi connectivity index (χ3n) is 2.37. The van der Waals surface area contributed by atoms with E-state index in [2.05, 4.69) is 25.2 Å². The van der Waals surface area contributed by atoms with Crippen molar-refractivity contribution < 1.29 is 9.53 Å². The lowest BCUT2D eigenvalue weighted by Gasteiger charge is -2.24. The number of carbonyl (C=O) groups is 1. The Kier molecular flexibility index (Phi) is 7.78. The van der Waals surface area contributed by atoms with Crippen molar-refractivity contribution >= 4 is 5.97 Å². The highest BCUT2D eigenvalue weighted by molar-refractivity contribution is 5.86. The lowest BCUT2D eigenvalue weighted by molar-refractivity contribution is -0.137. The molecule has 0 aliphatic rings. The van der Waals surface area contributed by atoms with E-state index in [-0.39, 0.29) is 5.97 Å². The Balaban J connectivity index is 4.19. The fourth-order valence-electron chi connectivity index (χ4n) is 1.33. The van der Waals surface area contributed by atoms with Crippen LogP contribution in [0.4, 0.5) is 0 Å². The smallest absolute Gasteiger partial charge is 0.353 e. The SMILES string of the molecule is C=C(C(=O)OC)N(CCCC)CCCC. The summed E-state index contributed by atoms with van der Waals surface area (Å²) in [6, 6.07) is 0.